The molecule has 0 radical (unpaired) electrons. The third kappa shape index (κ3) is 16.7. The second kappa shape index (κ2) is 26.0. The number of aromatic nitrogens is 6. The number of benzene rings is 3. The van der Waals surface area contributed by atoms with Gasteiger partial charge in [0.2, 0.25) is 0 Å². The number of aromatic amines is 3. The number of nitrogens with one attached hydrogen (secondary N) is 9. The number of hydrogen-bond acceptors (Lipinski definition) is 8. The van der Waals surface area contributed by atoms with Crippen molar-refractivity contribution in [2.45, 2.75) is 57.4 Å². The first kappa shape index (κ1) is 63.2. The smallest absolute Gasteiger partial charge is 0.400 e. The van der Waals surface area contributed by atoms with E-state index in [1.165, 1.54) is 36.4 Å². The van der Waals surface area contributed by atoms with Gasteiger partial charge in [-0.25, -0.2) is 29.3 Å². The average molecular weight is 1250 g/mol. The number of anilines is 6. The van der Waals surface area contributed by atoms with Gasteiger partial charge in [-0.1, -0.05) is 31.3 Å². The maximum atomic E-state index is 12.5. The Balaban J connectivity index is 0.000000168. The topological polar surface area (TPSA) is 228 Å². The molecule has 0 spiro atoms. The summed E-state index contributed by atoms with van der Waals surface area (Å²) in [7, 11) is -0.250. The summed E-state index contributed by atoms with van der Waals surface area (Å²) in [5.41, 5.74) is 2.81. The summed E-state index contributed by atoms with van der Waals surface area (Å²) in [6, 6.07) is 16.2. The maximum Gasteiger partial charge on any atom is 0.486 e. The van der Waals surface area contributed by atoms with Gasteiger partial charge in [-0.2, -0.15) is 39.5 Å². The fraction of sp³-hybridized carbons (Fsp3) is 0.158. The Kier molecular flexibility index (Phi) is 19.3. The van der Waals surface area contributed by atoms with E-state index in [2.05, 4.69) is 97.5 Å². The molecule has 6 aromatic heterocycles. The predicted molar refractivity (Wildman–Crippen MR) is 315 cm³/mol. The summed E-state index contributed by atoms with van der Waals surface area (Å²) in [5, 5.41) is 17.4. The molecule has 85 heavy (non-hydrogen) atoms. The van der Waals surface area contributed by atoms with Crippen molar-refractivity contribution in [1.29, 1.82) is 0 Å². The quantitative estimate of drug-likeness (QED) is 0.0498. The molecule has 10 rings (SSSR count). The second-order valence-corrected chi connectivity index (χ2v) is 20.1. The molecule has 1 aliphatic rings. The summed E-state index contributed by atoms with van der Waals surface area (Å²) < 4.78 is 125. The fourth-order valence-corrected chi connectivity index (χ4v) is 7.95. The van der Waals surface area contributed by atoms with Crippen molar-refractivity contribution < 1.29 is 63.2 Å². The molecule has 0 saturated carbocycles. The zero-order valence-electron chi connectivity index (χ0n) is 45.2. The molecule has 9 N–H and O–H groups in total. The second-order valence-electron chi connectivity index (χ2n) is 19.2. The highest BCUT2D eigenvalue weighted by Gasteiger charge is 2.49. The largest absolute Gasteiger partial charge is 0.486 e. The average Bonchev–Trinajstić information content (AvgIpc) is 2.90. The van der Waals surface area contributed by atoms with Crippen molar-refractivity contribution in [3.63, 3.8) is 0 Å². The molecule has 1 saturated heterocycles. The zero-order chi connectivity index (χ0) is 62.1. The van der Waals surface area contributed by atoms with Gasteiger partial charge in [0.1, 0.15) is 16.9 Å². The number of hydrogen-bond donors (Lipinski definition) is 9. The normalized spacial score (nSPS) is 13.4. The molecular formula is C57H51BBrF9N12O5. The number of rotatable bonds is 9. The summed E-state index contributed by atoms with van der Waals surface area (Å²) in [4.78, 5) is 57.4. The van der Waals surface area contributed by atoms with E-state index < -0.39 is 53.3 Å². The van der Waals surface area contributed by atoms with Gasteiger partial charge < -0.3 is 56.2 Å². The zero-order valence-corrected chi connectivity index (χ0v) is 46.8. The Labute approximate surface area is 487 Å². The van der Waals surface area contributed by atoms with Crippen molar-refractivity contribution in [3.8, 4) is 0 Å². The van der Waals surface area contributed by atoms with Crippen molar-refractivity contribution in [2.24, 2.45) is 0 Å². The number of carbonyl (C=O) groups is 3. The third-order valence-corrected chi connectivity index (χ3v) is 13.1. The van der Waals surface area contributed by atoms with Gasteiger partial charge in [-0.05, 0) is 146 Å². The van der Waals surface area contributed by atoms with Crippen LogP contribution < -0.4 is 31.9 Å². The summed E-state index contributed by atoms with van der Waals surface area (Å²) >= 11 is 3.30. The van der Waals surface area contributed by atoms with Crippen molar-refractivity contribution in [1.82, 2.24) is 29.9 Å². The van der Waals surface area contributed by atoms with E-state index in [4.69, 9.17) is 9.31 Å². The highest BCUT2D eigenvalue weighted by molar-refractivity contribution is 9.10. The van der Waals surface area contributed by atoms with Gasteiger partial charge in [0.05, 0.1) is 45.0 Å². The SMILES string of the molecule is C=CB1OC(C)(C)C(C)(C)O1.C=Cc1cnc2[nH]cc(NC(=O)Nc3ccc(C(F)(F)F)cc3)c2c1.C=Cc1cnc2[nH]cc(NC(=O)Nc3ccc(C(F)(F)F)cc3)c2c1.O=C(Nc1ccc(C(F)(F)F)cc1)Nc1c[nH]c2ncc(Br)cc12. The molecule has 9 aromatic rings. The third-order valence-electron chi connectivity index (χ3n) is 12.7. The minimum atomic E-state index is -4.42. The summed E-state index contributed by atoms with van der Waals surface area (Å²) in [6.07, 6.45) is -0.353. The minimum absolute atomic E-state index is 0.230. The highest BCUT2D eigenvalue weighted by atomic mass is 79.9. The molecule has 0 unspecified atom stereocenters. The van der Waals surface area contributed by atoms with E-state index in [0.29, 0.717) is 50.2 Å². The molecule has 1 aliphatic heterocycles. The van der Waals surface area contributed by atoms with E-state index in [0.717, 1.165) is 52.0 Å². The highest BCUT2D eigenvalue weighted by Crippen LogP contribution is 2.37. The van der Waals surface area contributed by atoms with Crippen LogP contribution in [0.25, 0.3) is 45.3 Å². The van der Waals surface area contributed by atoms with Crippen LogP contribution in [0.2, 0.25) is 0 Å². The molecule has 3 aromatic carbocycles. The number of nitrogens with zero attached hydrogens (tertiary/aromatic N) is 3. The minimum Gasteiger partial charge on any atom is -0.400 e. The van der Waals surface area contributed by atoms with Gasteiger partial charge in [0.25, 0.3) is 0 Å². The number of alkyl halides is 9. The lowest BCUT2D eigenvalue weighted by Crippen LogP contribution is -2.41. The van der Waals surface area contributed by atoms with Gasteiger partial charge in [0.15, 0.2) is 0 Å². The van der Waals surface area contributed by atoms with E-state index in [-0.39, 0.29) is 35.4 Å². The van der Waals surface area contributed by atoms with E-state index in [9.17, 15) is 53.9 Å². The fourth-order valence-electron chi connectivity index (χ4n) is 7.62. The molecule has 1 fully saturated rings. The number of halogens is 10. The lowest BCUT2D eigenvalue weighted by molar-refractivity contribution is -0.138. The van der Waals surface area contributed by atoms with Crippen LogP contribution in [0, 0.1) is 0 Å². The number of urea groups is 3. The molecule has 0 atom stereocenters. The molecular weight excluding hydrogens is 1190 g/mol. The van der Waals surface area contributed by atoms with Crippen LogP contribution in [-0.4, -0.2) is 66.3 Å². The molecule has 7 heterocycles. The number of H-pyrrole nitrogens is 3. The van der Waals surface area contributed by atoms with Crippen LogP contribution in [0.15, 0.2) is 158 Å². The molecule has 28 heteroatoms. The van der Waals surface area contributed by atoms with Crippen LogP contribution in [0.5, 0.6) is 0 Å². The molecule has 0 aliphatic carbocycles. The number of amides is 6. The maximum absolute atomic E-state index is 12.5. The van der Waals surface area contributed by atoms with Crippen molar-refractivity contribution in [3.05, 3.63) is 186 Å². The van der Waals surface area contributed by atoms with Crippen LogP contribution >= 0.6 is 15.9 Å². The Morgan fingerprint density at radius 2 is 0.788 bits per heavy atom. The standard InChI is InChI=1S/2C17H13F3N4O.C15H10BrF3N4O.C8H15BO2/c2*1-2-10-7-13-14(9-22-15(13)21-8-10)24-16(25)23-12-5-3-11(4-6-12)17(18,19)20;16-9-5-11-12(7-21-13(11)20-6-9)23-14(24)22-10-3-1-8(2-4-10)15(17,18)19;1-6-9-10-7(2,3)8(4,5)11-9/h2*2-9H,1H2,(H,21,22)(H2,23,24,25);1-7H,(H,20,21)(H2,22,23,24);6H,1H2,2-5H3. The van der Waals surface area contributed by atoms with Gasteiger partial charge in [-0.15, -0.1) is 6.58 Å². The van der Waals surface area contributed by atoms with E-state index in [1.807, 2.05) is 27.7 Å². The van der Waals surface area contributed by atoms with Crippen molar-refractivity contribution >= 4 is 121 Å². The van der Waals surface area contributed by atoms with Gasteiger partial charge >= 0.3 is 43.7 Å². The van der Waals surface area contributed by atoms with E-state index in [1.54, 1.807) is 73.5 Å². The first-order chi connectivity index (χ1) is 39.9. The van der Waals surface area contributed by atoms with Crippen molar-refractivity contribution in [2.75, 3.05) is 31.9 Å². The van der Waals surface area contributed by atoms with E-state index >= 15 is 0 Å². The Morgan fingerprint density at radius 3 is 1.06 bits per heavy atom. The van der Waals surface area contributed by atoms with Gasteiger partial charge in [-0.3, -0.25) is 0 Å². The molecule has 17 nitrogen and oxygen atoms in total. The molecule has 0 bridgehead atoms. The van der Waals surface area contributed by atoms with Crippen LogP contribution in [0.4, 0.5) is 88.0 Å². The molecule has 442 valence electrons. The monoisotopic (exact) mass is 1240 g/mol. The molecule has 6 amide bonds. The Bertz CT molecular complexity index is 3690. The number of fused-ring (bicyclic) bond motifs is 3. The Hall–Kier alpha value is -9.41. The Morgan fingerprint density at radius 1 is 0.494 bits per heavy atom. The first-order valence-electron chi connectivity index (χ1n) is 25.0. The number of carbonyl (C=O) groups excluding carboxylic acids is 3. The van der Waals surface area contributed by atoms with Crippen LogP contribution in [0.3, 0.4) is 0 Å². The lowest BCUT2D eigenvalue weighted by Gasteiger charge is -2.32. The van der Waals surface area contributed by atoms with Crippen LogP contribution in [-0.2, 0) is 27.8 Å². The summed E-state index contributed by atoms with van der Waals surface area (Å²) in [6.45, 7) is 19.0. The summed E-state index contributed by atoms with van der Waals surface area (Å²) in [5.74, 6) is 1.68. The first-order valence-corrected chi connectivity index (χ1v) is 25.8. The van der Waals surface area contributed by atoms with Crippen LogP contribution in [0.1, 0.15) is 55.5 Å². The predicted octanol–water partition coefficient (Wildman–Crippen LogP) is 16.5. The van der Waals surface area contributed by atoms with Gasteiger partial charge in [0, 0.05) is 74.9 Å². The number of pyridine rings is 3. The lowest BCUT2D eigenvalue weighted by atomic mass is 9.90.